The summed E-state index contributed by atoms with van der Waals surface area (Å²) in [5.41, 5.74) is 8.61. The minimum absolute atomic E-state index is 0.708. The summed E-state index contributed by atoms with van der Waals surface area (Å²) < 4.78 is 7.01. The van der Waals surface area contributed by atoms with E-state index in [9.17, 15) is 0 Å². The van der Waals surface area contributed by atoms with Gasteiger partial charge in [0.2, 0.25) is 0 Å². The second kappa shape index (κ2) is 6.17. The lowest BCUT2D eigenvalue weighted by Crippen LogP contribution is -1.97. The van der Waals surface area contributed by atoms with E-state index in [4.69, 9.17) is 4.74 Å². The SMILES string of the molecule is COCCc1ccc(-c2c(C)cc(C)cc2C)c2nn(C)[c]c12. The van der Waals surface area contributed by atoms with Crippen molar-refractivity contribution in [1.82, 2.24) is 9.78 Å². The van der Waals surface area contributed by atoms with E-state index in [0.29, 0.717) is 6.61 Å². The van der Waals surface area contributed by atoms with Crippen LogP contribution < -0.4 is 0 Å². The minimum atomic E-state index is 0.708. The van der Waals surface area contributed by atoms with Gasteiger partial charge in [-0.3, -0.25) is 4.68 Å². The van der Waals surface area contributed by atoms with Crippen molar-refractivity contribution in [3.63, 3.8) is 0 Å². The Bertz CT molecular complexity index is 838. The van der Waals surface area contributed by atoms with Gasteiger partial charge in [0, 0.05) is 25.1 Å². The average Bonchev–Trinajstić information content (AvgIpc) is 2.87. The van der Waals surface area contributed by atoms with E-state index in [1.807, 2.05) is 7.05 Å². The molecular weight excluding hydrogens is 284 g/mol. The molecule has 1 radical (unpaired) electrons. The van der Waals surface area contributed by atoms with Gasteiger partial charge in [-0.05, 0) is 49.4 Å². The molecular formula is C20H23N2O. The molecule has 0 saturated carbocycles. The van der Waals surface area contributed by atoms with E-state index in [-0.39, 0.29) is 0 Å². The molecule has 0 aliphatic rings. The standard InChI is InChI=1S/C20H23N2O/c1-13-10-14(2)19(15(3)11-13)17-7-6-16(8-9-23-5)18-12-22(4)21-20(17)18/h6-7,10-11H,8-9H2,1-5H3. The van der Waals surface area contributed by atoms with Gasteiger partial charge >= 0.3 is 0 Å². The fraction of sp³-hybridized carbons (Fsp3) is 0.350. The molecule has 3 heteroatoms. The first-order chi connectivity index (χ1) is 11.0. The Morgan fingerprint density at radius 2 is 1.83 bits per heavy atom. The number of methoxy groups -OCH3 is 1. The number of hydrogen-bond acceptors (Lipinski definition) is 2. The van der Waals surface area contributed by atoms with Crippen LogP contribution in [0, 0.1) is 27.0 Å². The monoisotopic (exact) mass is 307 g/mol. The molecule has 0 spiro atoms. The number of aromatic nitrogens is 2. The molecule has 119 valence electrons. The molecule has 0 fully saturated rings. The highest BCUT2D eigenvalue weighted by molar-refractivity contribution is 5.96. The molecule has 2 aromatic carbocycles. The normalized spacial score (nSPS) is 11.3. The van der Waals surface area contributed by atoms with Crippen LogP contribution in [-0.2, 0) is 18.2 Å². The summed E-state index contributed by atoms with van der Waals surface area (Å²) in [4.78, 5) is 0. The molecule has 3 nitrogen and oxygen atoms in total. The predicted molar refractivity (Wildman–Crippen MR) is 94.8 cm³/mol. The van der Waals surface area contributed by atoms with Crippen LogP contribution in [0.3, 0.4) is 0 Å². The molecule has 3 aromatic rings. The zero-order chi connectivity index (χ0) is 16.6. The number of nitrogens with zero attached hydrogens (tertiary/aromatic N) is 2. The van der Waals surface area contributed by atoms with Crippen molar-refractivity contribution < 1.29 is 4.74 Å². The highest BCUT2D eigenvalue weighted by atomic mass is 16.5. The molecule has 0 aliphatic heterocycles. The molecule has 0 saturated heterocycles. The van der Waals surface area contributed by atoms with Gasteiger partial charge in [-0.1, -0.05) is 29.8 Å². The van der Waals surface area contributed by atoms with Crippen LogP contribution in [0.25, 0.3) is 22.0 Å². The molecule has 0 atom stereocenters. The van der Waals surface area contributed by atoms with Gasteiger partial charge < -0.3 is 4.74 Å². The average molecular weight is 307 g/mol. The van der Waals surface area contributed by atoms with E-state index < -0.39 is 0 Å². The predicted octanol–water partition coefficient (Wildman–Crippen LogP) is 4.15. The Morgan fingerprint density at radius 1 is 1.13 bits per heavy atom. The van der Waals surface area contributed by atoms with E-state index in [1.165, 1.54) is 33.4 Å². The first-order valence-electron chi connectivity index (χ1n) is 7.96. The largest absolute Gasteiger partial charge is 0.384 e. The summed E-state index contributed by atoms with van der Waals surface area (Å²) in [6.07, 6.45) is 4.22. The number of ether oxygens (including phenoxy) is 1. The van der Waals surface area contributed by atoms with Crippen LogP contribution in [0.15, 0.2) is 24.3 Å². The summed E-state index contributed by atoms with van der Waals surface area (Å²) >= 11 is 0. The molecule has 0 N–H and O–H groups in total. The van der Waals surface area contributed by atoms with Crippen LogP contribution in [0.2, 0.25) is 0 Å². The molecule has 0 amide bonds. The molecule has 1 aromatic heterocycles. The van der Waals surface area contributed by atoms with Crippen molar-refractivity contribution in [2.45, 2.75) is 27.2 Å². The van der Waals surface area contributed by atoms with Crippen molar-refractivity contribution >= 4 is 10.9 Å². The molecule has 0 bridgehead atoms. The second-order valence-electron chi connectivity index (χ2n) is 6.25. The van der Waals surface area contributed by atoms with Crippen molar-refractivity contribution in [3.05, 3.63) is 52.7 Å². The lowest BCUT2D eigenvalue weighted by atomic mass is 9.91. The molecule has 0 aliphatic carbocycles. The summed E-state index contributed by atoms with van der Waals surface area (Å²) in [6.45, 7) is 7.20. The Kier molecular flexibility index (Phi) is 4.22. The van der Waals surface area contributed by atoms with Gasteiger partial charge in [0.1, 0.15) is 5.52 Å². The number of benzene rings is 2. The van der Waals surface area contributed by atoms with Crippen molar-refractivity contribution in [3.8, 4) is 11.1 Å². The molecule has 0 unspecified atom stereocenters. The Hall–Kier alpha value is -2.13. The zero-order valence-electron chi connectivity index (χ0n) is 14.5. The van der Waals surface area contributed by atoms with Crippen LogP contribution in [0.5, 0.6) is 0 Å². The van der Waals surface area contributed by atoms with Gasteiger partial charge in [-0.15, -0.1) is 0 Å². The first-order valence-corrected chi connectivity index (χ1v) is 7.96. The lowest BCUT2D eigenvalue weighted by molar-refractivity contribution is 0.202. The summed E-state index contributed by atoms with van der Waals surface area (Å²) in [7, 11) is 3.66. The van der Waals surface area contributed by atoms with Gasteiger partial charge in [0.05, 0.1) is 12.8 Å². The van der Waals surface area contributed by atoms with E-state index in [0.717, 1.165) is 17.3 Å². The van der Waals surface area contributed by atoms with Crippen molar-refractivity contribution in [2.75, 3.05) is 13.7 Å². The molecule has 23 heavy (non-hydrogen) atoms. The van der Waals surface area contributed by atoms with Crippen molar-refractivity contribution in [2.24, 2.45) is 7.05 Å². The maximum atomic E-state index is 5.23. The topological polar surface area (TPSA) is 27.1 Å². The minimum Gasteiger partial charge on any atom is -0.384 e. The zero-order valence-corrected chi connectivity index (χ0v) is 14.5. The van der Waals surface area contributed by atoms with Crippen LogP contribution in [-0.4, -0.2) is 23.5 Å². The van der Waals surface area contributed by atoms with Crippen LogP contribution in [0.1, 0.15) is 22.3 Å². The fourth-order valence-electron chi connectivity index (χ4n) is 3.43. The third-order valence-corrected chi connectivity index (χ3v) is 4.31. The third kappa shape index (κ3) is 2.89. The van der Waals surface area contributed by atoms with E-state index in [1.54, 1.807) is 11.8 Å². The lowest BCUT2D eigenvalue weighted by Gasteiger charge is -2.13. The number of rotatable bonds is 4. The molecule has 1 heterocycles. The third-order valence-electron chi connectivity index (χ3n) is 4.31. The van der Waals surface area contributed by atoms with Gasteiger partial charge in [0.15, 0.2) is 0 Å². The number of aryl methyl sites for hydroxylation is 4. The Morgan fingerprint density at radius 3 is 2.48 bits per heavy atom. The first kappa shape index (κ1) is 15.8. The summed E-state index contributed by atoms with van der Waals surface area (Å²) in [5, 5.41) is 5.78. The highest BCUT2D eigenvalue weighted by Gasteiger charge is 2.15. The summed E-state index contributed by atoms with van der Waals surface area (Å²) in [5.74, 6) is 0. The number of hydrogen-bond donors (Lipinski definition) is 0. The van der Waals surface area contributed by atoms with Gasteiger partial charge in [-0.2, -0.15) is 5.10 Å². The van der Waals surface area contributed by atoms with E-state index >= 15 is 0 Å². The van der Waals surface area contributed by atoms with Crippen molar-refractivity contribution in [1.29, 1.82) is 0 Å². The second-order valence-corrected chi connectivity index (χ2v) is 6.25. The quantitative estimate of drug-likeness (QED) is 0.724. The van der Waals surface area contributed by atoms with E-state index in [2.05, 4.69) is 56.3 Å². The van der Waals surface area contributed by atoms with Gasteiger partial charge in [0.25, 0.3) is 0 Å². The number of fused-ring (bicyclic) bond motifs is 1. The van der Waals surface area contributed by atoms with Gasteiger partial charge in [-0.25, -0.2) is 0 Å². The van der Waals surface area contributed by atoms with Crippen LogP contribution >= 0.6 is 0 Å². The molecule has 3 rings (SSSR count). The van der Waals surface area contributed by atoms with Crippen LogP contribution in [0.4, 0.5) is 0 Å². The summed E-state index contributed by atoms with van der Waals surface area (Å²) in [6, 6.07) is 8.85. The highest BCUT2D eigenvalue weighted by Crippen LogP contribution is 2.34. The Balaban J connectivity index is 2.24. The maximum absolute atomic E-state index is 5.23. The maximum Gasteiger partial charge on any atom is 0.101 e. The fourth-order valence-corrected chi connectivity index (χ4v) is 3.43. The Labute approximate surface area is 137 Å². The smallest absolute Gasteiger partial charge is 0.101 e.